The summed E-state index contributed by atoms with van der Waals surface area (Å²) >= 11 is 3.30. The van der Waals surface area contributed by atoms with Gasteiger partial charge in [-0.2, -0.15) is 0 Å². The molecule has 0 heterocycles. The molecule has 0 spiro atoms. The quantitative estimate of drug-likeness (QED) is 0.617. The van der Waals surface area contributed by atoms with E-state index >= 15 is 0 Å². The molecule has 0 aliphatic rings. The van der Waals surface area contributed by atoms with Gasteiger partial charge in [0.2, 0.25) is 0 Å². The summed E-state index contributed by atoms with van der Waals surface area (Å²) in [6.07, 6.45) is 0.279. The Hall–Kier alpha value is -1.03. The molecule has 1 atom stereocenters. The van der Waals surface area contributed by atoms with Gasteiger partial charge < -0.3 is 9.47 Å². The molecule has 16 heavy (non-hydrogen) atoms. The number of rotatable bonds is 5. The molecule has 1 aromatic rings. The third-order valence-electron chi connectivity index (χ3n) is 1.85. The van der Waals surface area contributed by atoms with Gasteiger partial charge in [0.15, 0.2) is 5.01 Å². The molecule has 1 unspecified atom stereocenters. The van der Waals surface area contributed by atoms with Crippen LogP contribution in [0.3, 0.4) is 0 Å². The summed E-state index contributed by atoms with van der Waals surface area (Å²) in [4.78, 5) is 11.3. The minimum atomic E-state index is -0.216. The van der Waals surface area contributed by atoms with Gasteiger partial charge >= 0.3 is 5.97 Å². The highest BCUT2D eigenvalue weighted by atomic mass is 79.9. The first-order valence-electron chi connectivity index (χ1n) is 5.17. The van der Waals surface area contributed by atoms with Crippen LogP contribution in [-0.4, -0.2) is 17.6 Å². The van der Waals surface area contributed by atoms with E-state index in [1.165, 1.54) is 0 Å². The number of benzene rings is 1. The zero-order valence-electron chi connectivity index (χ0n) is 9.40. The topological polar surface area (TPSA) is 35.5 Å². The van der Waals surface area contributed by atoms with E-state index in [9.17, 15) is 4.79 Å². The Kier molecular flexibility index (Phi) is 5.32. The number of ether oxygens (including phenoxy) is 2. The van der Waals surface area contributed by atoms with Gasteiger partial charge in [-0.3, -0.25) is 4.79 Å². The third-order valence-corrected chi connectivity index (χ3v) is 2.04. The Morgan fingerprint density at radius 1 is 1.50 bits per heavy atom. The maximum absolute atomic E-state index is 11.3. The monoisotopic (exact) mass is 286 g/mol. The van der Waals surface area contributed by atoms with Crippen molar-refractivity contribution in [1.29, 1.82) is 0 Å². The van der Waals surface area contributed by atoms with Crippen LogP contribution in [0.5, 0.6) is 5.75 Å². The fourth-order valence-corrected chi connectivity index (χ4v) is 1.51. The van der Waals surface area contributed by atoms with E-state index in [4.69, 9.17) is 9.47 Å². The van der Waals surface area contributed by atoms with Crippen LogP contribution in [0, 0.1) is 0 Å². The normalized spacial score (nSPS) is 11.9. The van der Waals surface area contributed by atoms with Gasteiger partial charge in [-0.25, -0.2) is 0 Å². The van der Waals surface area contributed by atoms with Crippen molar-refractivity contribution in [1.82, 2.24) is 0 Å². The highest BCUT2D eigenvalue weighted by Gasteiger charge is 2.05. The molecule has 0 aliphatic carbocycles. The molecule has 0 amide bonds. The van der Waals surface area contributed by atoms with Crippen molar-refractivity contribution in [3.05, 3.63) is 29.8 Å². The number of halogens is 1. The summed E-state index contributed by atoms with van der Waals surface area (Å²) < 4.78 is 10.3. The zero-order chi connectivity index (χ0) is 12.0. The maximum Gasteiger partial charge on any atom is 0.310 e. The lowest BCUT2D eigenvalue weighted by Gasteiger charge is -2.09. The molecule has 0 fully saturated rings. The molecule has 3 nitrogen and oxygen atoms in total. The van der Waals surface area contributed by atoms with Gasteiger partial charge in [0, 0.05) is 0 Å². The number of carbonyl (C=O) groups is 1. The van der Waals surface area contributed by atoms with Gasteiger partial charge in [-0.05, 0) is 47.5 Å². The molecule has 0 aliphatic heterocycles. The largest absolute Gasteiger partial charge is 0.480 e. The van der Waals surface area contributed by atoms with Crippen molar-refractivity contribution in [2.45, 2.75) is 25.3 Å². The SMILES string of the molecule is CCOC(=O)Cc1cccc(OC(C)Br)c1. The Balaban J connectivity index is 2.63. The van der Waals surface area contributed by atoms with Crippen LogP contribution in [0.15, 0.2) is 24.3 Å². The first-order chi connectivity index (χ1) is 7.61. The summed E-state index contributed by atoms with van der Waals surface area (Å²) in [5.41, 5.74) is 0.893. The average molecular weight is 287 g/mol. The minimum absolute atomic E-state index is 0.0506. The lowest BCUT2D eigenvalue weighted by atomic mass is 10.1. The Bertz CT molecular complexity index is 350. The molecule has 0 aromatic heterocycles. The fraction of sp³-hybridized carbons (Fsp3) is 0.417. The van der Waals surface area contributed by atoms with Gasteiger partial charge in [-0.1, -0.05) is 12.1 Å². The second kappa shape index (κ2) is 6.53. The molecule has 88 valence electrons. The molecule has 0 bridgehead atoms. The molecule has 0 N–H and O–H groups in total. The van der Waals surface area contributed by atoms with Gasteiger partial charge in [0.05, 0.1) is 13.0 Å². The van der Waals surface area contributed by atoms with E-state index < -0.39 is 0 Å². The van der Waals surface area contributed by atoms with Crippen molar-refractivity contribution in [3.63, 3.8) is 0 Å². The van der Waals surface area contributed by atoms with Crippen molar-refractivity contribution >= 4 is 21.9 Å². The lowest BCUT2D eigenvalue weighted by molar-refractivity contribution is -0.142. The number of hydrogen-bond acceptors (Lipinski definition) is 3. The molecule has 1 rings (SSSR count). The second-order valence-corrected chi connectivity index (χ2v) is 4.58. The average Bonchev–Trinajstić information content (AvgIpc) is 2.17. The molecule has 1 aromatic carbocycles. The van der Waals surface area contributed by atoms with Gasteiger partial charge in [-0.15, -0.1) is 0 Å². The molecule has 0 radical (unpaired) electrons. The molecule has 0 saturated heterocycles. The number of alkyl halides is 1. The van der Waals surface area contributed by atoms with E-state index in [1.807, 2.05) is 31.2 Å². The lowest BCUT2D eigenvalue weighted by Crippen LogP contribution is -2.08. The third kappa shape index (κ3) is 4.66. The zero-order valence-corrected chi connectivity index (χ0v) is 11.0. The highest BCUT2D eigenvalue weighted by Crippen LogP contribution is 2.17. The number of carbonyl (C=O) groups excluding carboxylic acids is 1. The first-order valence-corrected chi connectivity index (χ1v) is 6.08. The van der Waals surface area contributed by atoms with Crippen LogP contribution < -0.4 is 4.74 Å². The number of esters is 1. The molecule has 4 heteroatoms. The van der Waals surface area contributed by atoms with E-state index in [0.29, 0.717) is 6.61 Å². The fourth-order valence-electron chi connectivity index (χ4n) is 1.29. The second-order valence-electron chi connectivity index (χ2n) is 3.29. The summed E-state index contributed by atoms with van der Waals surface area (Å²) in [6.45, 7) is 4.09. The van der Waals surface area contributed by atoms with Crippen LogP contribution in [0.1, 0.15) is 19.4 Å². The predicted molar refractivity (Wildman–Crippen MR) is 65.8 cm³/mol. The summed E-state index contributed by atoms with van der Waals surface area (Å²) in [5.74, 6) is 0.526. The standard InChI is InChI=1S/C12H15BrO3/c1-3-15-12(14)8-10-5-4-6-11(7-10)16-9(2)13/h4-7,9H,3,8H2,1-2H3. The smallest absolute Gasteiger partial charge is 0.310 e. The summed E-state index contributed by atoms with van der Waals surface area (Å²) in [5, 5.41) is -0.0506. The van der Waals surface area contributed by atoms with Crippen molar-refractivity contribution in [3.8, 4) is 5.75 Å². The van der Waals surface area contributed by atoms with Crippen LogP contribution >= 0.6 is 15.9 Å². The van der Waals surface area contributed by atoms with Crippen LogP contribution in [0.2, 0.25) is 0 Å². The van der Waals surface area contributed by atoms with Gasteiger partial charge in [0.1, 0.15) is 5.75 Å². The van der Waals surface area contributed by atoms with Crippen LogP contribution in [0.25, 0.3) is 0 Å². The minimum Gasteiger partial charge on any atom is -0.480 e. The van der Waals surface area contributed by atoms with Gasteiger partial charge in [0.25, 0.3) is 0 Å². The maximum atomic E-state index is 11.3. The van der Waals surface area contributed by atoms with E-state index in [1.54, 1.807) is 6.92 Å². The number of hydrogen-bond donors (Lipinski definition) is 0. The summed E-state index contributed by atoms with van der Waals surface area (Å²) in [7, 11) is 0. The molecule has 0 saturated carbocycles. The predicted octanol–water partition coefficient (Wildman–Crippen LogP) is 2.91. The van der Waals surface area contributed by atoms with Crippen molar-refractivity contribution in [2.24, 2.45) is 0 Å². The Labute approximate surface area is 104 Å². The van der Waals surface area contributed by atoms with Crippen molar-refractivity contribution in [2.75, 3.05) is 6.61 Å². The van der Waals surface area contributed by atoms with E-state index in [0.717, 1.165) is 11.3 Å². The van der Waals surface area contributed by atoms with Crippen LogP contribution in [-0.2, 0) is 16.0 Å². The van der Waals surface area contributed by atoms with Crippen LogP contribution in [0.4, 0.5) is 0 Å². The molecular formula is C12H15BrO3. The first kappa shape index (κ1) is 13.0. The Morgan fingerprint density at radius 2 is 2.25 bits per heavy atom. The summed E-state index contributed by atoms with van der Waals surface area (Å²) in [6, 6.07) is 7.43. The van der Waals surface area contributed by atoms with E-state index in [-0.39, 0.29) is 17.4 Å². The van der Waals surface area contributed by atoms with E-state index in [2.05, 4.69) is 15.9 Å². The molecular weight excluding hydrogens is 272 g/mol. The van der Waals surface area contributed by atoms with Crippen molar-refractivity contribution < 1.29 is 14.3 Å². The Morgan fingerprint density at radius 3 is 2.88 bits per heavy atom. The highest BCUT2D eigenvalue weighted by molar-refractivity contribution is 9.09.